The molecule has 1 aromatic heterocycles. The average molecular weight is 282 g/mol. The van der Waals surface area contributed by atoms with Crippen LogP contribution in [0.2, 0.25) is 0 Å². The van der Waals surface area contributed by atoms with Crippen LogP contribution >= 0.6 is 0 Å². The van der Waals surface area contributed by atoms with Crippen LogP contribution in [-0.2, 0) is 0 Å². The Labute approximate surface area is 125 Å². The van der Waals surface area contributed by atoms with E-state index in [4.69, 9.17) is 9.84 Å². The fraction of sp³-hybridized carbons (Fsp3) is 0.294. The summed E-state index contributed by atoms with van der Waals surface area (Å²) in [6.07, 6.45) is 3.85. The van der Waals surface area contributed by atoms with Gasteiger partial charge in [0.15, 0.2) is 5.69 Å². The van der Waals surface area contributed by atoms with Crippen LogP contribution < -0.4 is 9.33 Å². The van der Waals surface area contributed by atoms with Crippen LogP contribution in [0, 0.1) is 5.41 Å². The van der Waals surface area contributed by atoms with Gasteiger partial charge in [-0.3, -0.25) is 0 Å². The zero-order valence-electron chi connectivity index (χ0n) is 12.7. The molecule has 21 heavy (non-hydrogen) atoms. The Bertz CT molecular complexity index is 649. The Kier molecular flexibility index (Phi) is 3.26. The molecular weight excluding hydrogens is 262 g/mol. The molecule has 1 atom stereocenters. The molecule has 0 amide bonds. The van der Waals surface area contributed by atoms with Crippen molar-refractivity contribution in [1.29, 1.82) is 0 Å². The van der Waals surface area contributed by atoms with Crippen LogP contribution in [-0.4, -0.2) is 24.9 Å². The second-order valence-corrected chi connectivity index (χ2v) is 6.05. The zero-order chi connectivity index (χ0) is 14.9. The number of ether oxygens (including phenoxy) is 1. The van der Waals surface area contributed by atoms with Crippen molar-refractivity contribution in [3.05, 3.63) is 48.7 Å². The average Bonchev–Trinajstić information content (AvgIpc) is 2.85. The van der Waals surface area contributed by atoms with E-state index in [0.29, 0.717) is 4.59 Å². The van der Waals surface area contributed by atoms with E-state index in [0.717, 1.165) is 23.8 Å². The van der Waals surface area contributed by atoms with Crippen molar-refractivity contribution in [2.24, 2.45) is 10.5 Å². The summed E-state index contributed by atoms with van der Waals surface area (Å²) in [6.45, 7) is 5.25. The number of hydrogen-bond donors (Lipinski definition) is 0. The van der Waals surface area contributed by atoms with Gasteiger partial charge < -0.3 is 4.74 Å². The third-order valence-electron chi connectivity index (χ3n) is 3.77. The quantitative estimate of drug-likeness (QED) is 0.803. The highest BCUT2D eigenvalue weighted by molar-refractivity contribution is 5.73. The molecule has 2 aromatic rings. The van der Waals surface area contributed by atoms with Crippen molar-refractivity contribution < 1.29 is 4.74 Å². The van der Waals surface area contributed by atoms with E-state index in [9.17, 15) is 0 Å². The van der Waals surface area contributed by atoms with Gasteiger partial charge in [0.25, 0.3) is 5.82 Å². The molecule has 2 heterocycles. The minimum absolute atomic E-state index is 0.0391. The number of benzene rings is 1. The summed E-state index contributed by atoms with van der Waals surface area (Å²) < 4.78 is 5.65. The van der Waals surface area contributed by atoms with Gasteiger partial charge in [0, 0.05) is 24.4 Å². The van der Waals surface area contributed by atoms with Crippen molar-refractivity contribution >= 4 is 17.7 Å². The maximum Gasteiger partial charge on any atom is 0.259 e. The lowest BCUT2D eigenvalue weighted by atomic mass is 9.95. The fourth-order valence-corrected chi connectivity index (χ4v) is 2.76. The Morgan fingerprint density at radius 3 is 2.38 bits per heavy atom. The molecule has 0 fully saturated rings. The third-order valence-corrected chi connectivity index (χ3v) is 3.77. The number of hydrogen-bond acceptors (Lipinski definition) is 3. The summed E-state index contributed by atoms with van der Waals surface area (Å²) in [6, 6.07) is 14.0. The molecule has 0 N–H and O–H groups in total. The number of aromatic nitrogens is 1. The minimum Gasteiger partial charge on any atom is -0.497 e. The molecular formula is C17H20N3O+. The molecule has 0 radical (unpaired) electrons. The molecule has 4 heteroatoms. The van der Waals surface area contributed by atoms with Gasteiger partial charge in [0.1, 0.15) is 12.3 Å². The predicted molar refractivity (Wildman–Crippen MR) is 85.8 cm³/mol. The number of nitrogens with zero attached hydrogens (tertiary/aromatic N) is 3. The summed E-state index contributed by atoms with van der Waals surface area (Å²) in [5.41, 5.74) is 1.13. The summed E-state index contributed by atoms with van der Waals surface area (Å²) in [5, 5.41) is 4.83. The highest BCUT2D eigenvalue weighted by atomic mass is 16.5. The second-order valence-electron chi connectivity index (χ2n) is 6.05. The monoisotopic (exact) mass is 282 g/mol. The standard InChI is InChI=1S/C17H20N3O/c1-17(2)12-19-20(13-17,16-6-4-5-11-18-16)14-7-9-15(21-3)10-8-14/h4-12H,13H2,1-3H3/q+1. The van der Waals surface area contributed by atoms with E-state index in [1.807, 2.05) is 42.7 Å². The maximum atomic E-state index is 5.25. The molecule has 0 saturated heterocycles. The molecule has 0 bridgehead atoms. The summed E-state index contributed by atoms with van der Waals surface area (Å²) in [4.78, 5) is 4.54. The predicted octanol–water partition coefficient (Wildman–Crippen LogP) is 3.75. The number of pyridine rings is 1. The Hall–Kier alpha value is -2.20. The first kappa shape index (κ1) is 13.8. The van der Waals surface area contributed by atoms with E-state index in [-0.39, 0.29) is 5.41 Å². The zero-order valence-corrected chi connectivity index (χ0v) is 12.7. The van der Waals surface area contributed by atoms with Crippen LogP contribution in [0.4, 0.5) is 11.5 Å². The first-order valence-corrected chi connectivity index (χ1v) is 7.07. The van der Waals surface area contributed by atoms with Crippen molar-refractivity contribution in [3.8, 4) is 5.75 Å². The number of rotatable bonds is 3. The van der Waals surface area contributed by atoms with Gasteiger partial charge in [-0.1, -0.05) is 11.2 Å². The molecule has 0 aliphatic carbocycles. The first-order chi connectivity index (χ1) is 10.1. The fourth-order valence-electron chi connectivity index (χ4n) is 2.76. The van der Waals surface area contributed by atoms with Gasteiger partial charge in [-0.25, -0.2) is 4.98 Å². The van der Waals surface area contributed by atoms with Gasteiger partial charge in [-0.2, -0.15) is 0 Å². The lowest BCUT2D eigenvalue weighted by Crippen LogP contribution is -2.40. The summed E-state index contributed by atoms with van der Waals surface area (Å²) in [5.74, 6) is 1.78. The Balaban J connectivity index is 2.11. The normalized spacial score (nSPS) is 23.2. The van der Waals surface area contributed by atoms with Crippen molar-refractivity contribution in [3.63, 3.8) is 0 Å². The summed E-state index contributed by atoms with van der Waals surface area (Å²) in [7, 11) is 1.68. The van der Waals surface area contributed by atoms with Gasteiger partial charge in [-0.05, 0) is 32.0 Å². The Morgan fingerprint density at radius 2 is 1.86 bits per heavy atom. The van der Waals surface area contributed by atoms with E-state index in [1.54, 1.807) is 7.11 Å². The third kappa shape index (κ3) is 2.43. The van der Waals surface area contributed by atoms with Gasteiger partial charge >= 0.3 is 0 Å². The lowest BCUT2D eigenvalue weighted by molar-refractivity contribution is 0.350. The molecule has 3 rings (SSSR count). The summed E-state index contributed by atoms with van der Waals surface area (Å²) >= 11 is 0. The SMILES string of the molecule is COc1ccc([N+]2(c3ccccn3)CC(C)(C)C=N2)cc1. The highest BCUT2D eigenvalue weighted by Crippen LogP contribution is 2.41. The lowest BCUT2D eigenvalue weighted by Gasteiger charge is -2.29. The minimum atomic E-state index is 0.0391. The molecule has 4 nitrogen and oxygen atoms in total. The van der Waals surface area contributed by atoms with Crippen LogP contribution in [0.25, 0.3) is 0 Å². The van der Waals surface area contributed by atoms with E-state index in [1.165, 1.54) is 0 Å². The topological polar surface area (TPSA) is 34.5 Å². The molecule has 1 aliphatic heterocycles. The maximum absolute atomic E-state index is 5.25. The second kappa shape index (κ2) is 4.97. The number of methoxy groups -OCH3 is 1. The van der Waals surface area contributed by atoms with E-state index >= 15 is 0 Å². The first-order valence-electron chi connectivity index (χ1n) is 7.07. The van der Waals surface area contributed by atoms with E-state index in [2.05, 4.69) is 31.0 Å². The number of quaternary nitrogens is 1. The highest BCUT2D eigenvalue weighted by Gasteiger charge is 2.45. The van der Waals surface area contributed by atoms with Gasteiger partial charge in [0.05, 0.1) is 18.7 Å². The largest absolute Gasteiger partial charge is 0.497 e. The van der Waals surface area contributed by atoms with Crippen LogP contribution in [0.3, 0.4) is 0 Å². The molecule has 1 unspecified atom stereocenters. The smallest absolute Gasteiger partial charge is 0.259 e. The van der Waals surface area contributed by atoms with Gasteiger partial charge in [0.2, 0.25) is 0 Å². The van der Waals surface area contributed by atoms with E-state index < -0.39 is 0 Å². The van der Waals surface area contributed by atoms with Crippen LogP contribution in [0.5, 0.6) is 5.75 Å². The Morgan fingerprint density at radius 1 is 1.10 bits per heavy atom. The molecule has 1 aromatic carbocycles. The van der Waals surface area contributed by atoms with Crippen LogP contribution in [0.1, 0.15) is 13.8 Å². The molecule has 0 spiro atoms. The van der Waals surface area contributed by atoms with Crippen LogP contribution in [0.15, 0.2) is 53.8 Å². The molecule has 108 valence electrons. The van der Waals surface area contributed by atoms with Crippen molar-refractivity contribution in [2.75, 3.05) is 13.7 Å². The van der Waals surface area contributed by atoms with Gasteiger partial charge in [-0.15, -0.1) is 4.59 Å². The van der Waals surface area contributed by atoms with Crippen molar-refractivity contribution in [1.82, 2.24) is 9.58 Å². The van der Waals surface area contributed by atoms with Crippen molar-refractivity contribution in [2.45, 2.75) is 13.8 Å². The molecule has 1 aliphatic rings. The molecule has 0 saturated carbocycles.